The van der Waals surface area contributed by atoms with Crippen LogP contribution in [0.5, 0.6) is 0 Å². The van der Waals surface area contributed by atoms with Crippen molar-refractivity contribution in [3.8, 4) is 0 Å². The smallest absolute Gasteiger partial charge is 0.220 e. The first-order valence-electron chi connectivity index (χ1n) is 6.30. The fourth-order valence-corrected chi connectivity index (χ4v) is 2.04. The van der Waals surface area contributed by atoms with Gasteiger partial charge in [-0.3, -0.25) is 4.79 Å². The minimum absolute atomic E-state index is 0.236. The molecule has 1 saturated heterocycles. The second kappa shape index (κ2) is 7.69. The first-order valence-corrected chi connectivity index (χ1v) is 6.30. The number of unbranched alkanes of at least 4 members (excludes halogenated alkanes) is 2. The Morgan fingerprint density at radius 1 is 1.47 bits per heavy atom. The highest BCUT2D eigenvalue weighted by atomic mass is 16.1. The third-order valence-corrected chi connectivity index (χ3v) is 2.98. The average Bonchev–Trinajstić information content (AvgIpc) is 2.26. The molecule has 3 heteroatoms. The van der Waals surface area contributed by atoms with Crippen LogP contribution in [0.2, 0.25) is 0 Å². The van der Waals surface area contributed by atoms with Gasteiger partial charge in [-0.05, 0) is 38.3 Å². The number of hydrogen-bond acceptors (Lipinski definition) is 2. The molecule has 0 aromatic carbocycles. The van der Waals surface area contributed by atoms with E-state index in [0.29, 0.717) is 12.3 Å². The van der Waals surface area contributed by atoms with Crippen molar-refractivity contribution in [2.24, 2.45) is 5.92 Å². The van der Waals surface area contributed by atoms with Gasteiger partial charge >= 0.3 is 0 Å². The summed E-state index contributed by atoms with van der Waals surface area (Å²) in [5.41, 5.74) is 0. The van der Waals surface area contributed by atoms with E-state index in [9.17, 15) is 4.79 Å². The summed E-state index contributed by atoms with van der Waals surface area (Å²) in [5, 5.41) is 6.33. The van der Waals surface area contributed by atoms with Crippen LogP contribution in [0, 0.1) is 5.92 Å². The van der Waals surface area contributed by atoms with Gasteiger partial charge in [0.2, 0.25) is 5.91 Å². The lowest BCUT2D eigenvalue weighted by atomic mass is 9.96. The third-order valence-electron chi connectivity index (χ3n) is 2.98. The van der Waals surface area contributed by atoms with Gasteiger partial charge in [0.1, 0.15) is 0 Å². The van der Waals surface area contributed by atoms with Crippen molar-refractivity contribution in [2.45, 2.75) is 45.4 Å². The second-order valence-electron chi connectivity index (χ2n) is 4.47. The highest BCUT2D eigenvalue weighted by Gasteiger charge is 2.15. The number of carbonyl (C=O) groups is 1. The van der Waals surface area contributed by atoms with Crippen LogP contribution in [0.4, 0.5) is 0 Å². The van der Waals surface area contributed by atoms with E-state index >= 15 is 0 Å². The number of hydrogen-bond donors (Lipinski definition) is 2. The van der Waals surface area contributed by atoms with Gasteiger partial charge in [0.15, 0.2) is 0 Å². The van der Waals surface area contributed by atoms with Crippen LogP contribution >= 0.6 is 0 Å². The maximum Gasteiger partial charge on any atom is 0.220 e. The van der Waals surface area contributed by atoms with Crippen LogP contribution in [0.1, 0.15) is 45.4 Å². The number of carbonyl (C=O) groups excluding carboxylic acids is 1. The Morgan fingerprint density at radius 3 is 3.00 bits per heavy atom. The zero-order valence-corrected chi connectivity index (χ0v) is 9.85. The number of nitrogens with one attached hydrogen (secondary N) is 2. The molecular weight excluding hydrogens is 188 g/mol. The molecule has 3 nitrogen and oxygen atoms in total. The summed E-state index contributed by atoms with van der Waals surface area (Å²) >= 11 is 0. The maximum atomic E-state index is 11.5. The highest BCUT2D eigenvalue weighted by molar-refractivity contribution is 5.76. The van der Waals surface area contributed by atoms with E-state index in [-0.39, 0.29) is 5.91 Å². The molecule has 1 aliphatic rings. The molecule has 1 heterocycles. The van der Waals surface area contributed by atoms with Gasteiger partial charge in [0.05, 0.1) is 0 Å². The molecule has 1 rings (SSSR count). The lowest BCUT2D eigenvalue weighted by molar-refractivity contribution is -0.122. The van der Waals surface area contributed by atoms with Crippen molar-refractivity contribution >= 4 is 5.91 Å². The summed E-state index contributed by atoms with van der Waals surface area (Å²) in [5.74, 6) is 0.796. The van der Waals surface area contributed by atoms with E-state index in [0.717, 1.165) is 26.1 Å². The molecule has 0 radical (unpaired) electrons. The van der Waals surface area contributed by atoms with Gasteiger partial charge in [-0.1, -0.05) is 19.8 Å². The Bertz CT molecular complexity index is 176. The van der Waals surface area contributed by atoms with Crippen molar-refractivity contribution in [2.75, 3.05) is 19.6 Å². The molecule has 2 N–H and O–H groups in total. The fourth-order valence-electron chi connectivity index (χ4n) is 2.04. The fraction of sp³-hybridized carbons (Fsp3) is 0.917. The zero-order valence-electron chi connectivity index (χ0n) is 9.85. The van der Waals surface area contributed by atoms with E-state index in [1.807, 2.05) is 0 Å². The molecule has 1 aliphatic heterocycles. The first-order chi connectivity index (χ1) is 7.33. The molecule has 15 heavy (non-hydrogen) atoms. The third kappa shape index (κ3) is 5.78. The monoisotopic (exact) mass is 212 g/mol. The predicted octanol–water partition coefficient (Wildman–Crippen LogP) is 1.68. The number of amides is 1. The predicted molar refractivity (Wildman–Crippen MR) is 62.7 cm³/mol. The summed E-state index contributed by atoms with van der Waals surface area (Å²) in [7, 11) is 0. The van der Waals surface area contributed by atoms with Crippen LogP contribution in [-0.2, 0) is 4.79 Å². The van der Waals surface area contributed by atoms with E-state index in [4.69, 9.17) is 0 Å². The van der Waals surface area contributed by atoms with Gasteiger partial charge in [-0.2, -0.15) is 0 Å². The normalized spacial score (nSPS) is 21.3. The molecule has 1 atom stereocenters. The van der Waals surface area contributed by atoms with Crippen molar-refractivity contribution in [3.05, 3.63) is 0 Å². The molecule has 0 bridgehead atoms. The first kappa shape index (κ1) is 12.5. The van der Waals surface area contributed by atoms with Crippen LogP contribution in [0.15, 0.2) is 0 Å². The summed E-state index contributed by atoms with van der Waals surface area (Å²) in [4.78, 5) is 11.5. The van der Waals surface area contributed by atoms with Crippen molar-refractivity contribution < 1.29 is 4.79 Å². The minimum atomic E-state index is 0.236. The number of rotatable bonds is 6. The molecule has 1 amide bonds. The van der Waals surface area contributed by atoms with Gasteiger partial charge in [0.25, 0.3) is 0 Å². The van der Waals surface area contributed by atoms with Gasteiger partial charge in [-0.15, -0.1) is 0 Å². The van der Waals surface area contributed by atoms with Crippen LogP contribution in [0.3, 0.4) is 0 Å². The molecule has 0 spiro atoms. The Balaban J connectivity index is 2.01. The van der Waals surface area contributed by atoms with Gasteiger partial charge in [0, 0.05) is 13.0 Å². The molecule has 0 aromatic heterocycles. The topological polar surface area (TPSA) is 41.1 Å². The van der Waals surface area contributed by atoms with Crippen LogP contribution < -0.4 is 10.6 Å². The summed E-state index contributed by atoms with van der Waals surface area (Å²) in [6.07, 6.45) is 6.67. The van der Waals surface area contributed by atoms with E-state index in [2.05, 4.69) is 17.6 Å². The van der Waals surface area contributed by atoms with E-state index < -0.39 is 0 Å². The lowest BCUT2D eigenvalue weighted by Gasteiger charge is -2.22. The van der Waals surface area contributed by atoms with Crippen molar-refractivity contribution in [3.63, 3.8) is 0 Å². The second-order valence-corrected chi connectivity index (χ2v) is 4.47. The van der Waals surface area contributed by atoms with Crippen LogP contribution in [0.25, 0.3) is 0 Å². The average molecular weight is 212 g/mol. The molecule has 0 aromatic rings. The quantitative estimate of drug-likeness (QED) is 0.658. The largest absolute Gasteiger partial charge is 0.356 e. The molecule has 0 aliphatic carbocycles. The van der Waals surface area contributed by atoms with E-state index in [1.165, 1.54) is 25.7 Å². The Kier molecular flexibility index (Phi) is 6.41. The van der Waals surface area contributed by atoms with E-state index in [1.54, 1.807) is 0 Å². The van der Waals surface area contributed by atoms with Crippen molar-refractivity contribution in [1.29, 1.82) is 0 Å². The molecule has 88 valence electrons. The minimum Gasteiger partial charge on any atom is -0.356 e. The zero-order chi connectivity index (χ0) is 10.9. The standard InChI is InChI=1S/C12H24N2O/c1-2-3-4-8-14-12(15)9-11-6-5-7-13-10-11/h11,13H,2-10H2,1H3,(H,14,15). The Labute approximate surface area is 93.0 Å². The molecule has 1 fully saturated rings. The highest BCUT2D eigenvalue weighted by Crippen LogP contribution is 2.13. The van der Waals surface area contributed by atoms with Crippen LogP contribution in [-0.4, -0.2) is 25.5 Å². The molecule has 1 unspecified atom stereocenters. The Hall–Kier alpha value is -0.570. The van der Waals surface area contributed by atoms with Crippen molar-refractivity contribution in [1.82, 2.24) is 10.6 Å². The SMILES string of the molecule is CCCCCNC(=O)CC1CCCNC1. The molecular formula is C12H24N2O. The Morgan fingerprint density at radius 2 is 2.33 bits per heavy atom. The summed E-state index contributed by atoms with van der Waals surface area (Å²) in [6, 6.07) is 0. The lowest BCUT2D eigenvalue weighted by Crippen LogP contribution is -2.34. The van der Waals surface area contributed by atoms with Gasteiger partial charge in [-0.25, -0.2) is 0 Å². The number of piperidine rings is 1. The summed E-state index contributed by atoms with van der Waals surface area (Å²) in [6.45, 7) is 5.17. The summed E-state index contributed by atoms with van der Waals surface area (Å²) < 4.78 is 0. The van der Waals surface area contributed by atoms with Gasteiger partial charge < -0.3 is 10.6 Å². The maximum absolute atomic E-state index is 11.5. The molecule has 0 saturated carbocycles.